The molecule has 1 aliphatic rings. The smallest absolute Gasteiger partial charge is 0.408 e. The van der Waals surface area contributed by atoms with E-state index in [4.69, 9.17) is 23.7 Å². The van der Waals surface area contributed by atoms with Crippen LogP contribution in [0.3, 0.4) is 0 Å². The summed E-state index contributed by atoms with van der Waals surface area (Å²) in [6.07, 6.45) is -2.12. The van der Waals surface area contributed by atoms with Crippen molar-refractivity contribution in [3.8, 4) is 0 Å². The predicted molar refractivity (Wildman–Crippen MR) is 113 cm³/mol. The molecule has 172 valence electrons. The van der Waals surface area contributed by atoms with Crippen LogP contribution in [0.25, 0.3) is 0 Å². The average molecular weight is 428 g/mol. The molecule has 1 heterocycles. The number of ether oxygens (including phenoxy) is 5. The van der Waals surface area contributed by atoms with Gasteiger partial charge in [-0.05, 0) is 41.5 Å². The molecule has 1 aliphatic heterocycles. The molecule has 0 spiro atoms. The van der Waals surface area contributed by atoms with E-state index in [1.165, 1.54) is 0 Å². The number of rotatable bonds is 7. The highest BCUT2D eigenvalue weighted by molar-refractivity contribution is 5.81. The van der Waals surface area contributed by atoms with Gasteiger partial charge in [-0.3, -0.25) is 0 Å². The van der Waals surface area contributed by atoms with Crippen molar-refractivity contribution < 1.29 is 33.3 Å². The number of alkyl carbamates (subject to hydrolysis) is 1. The van der Waals surface area contributed by atoms with Crippen LogP contribution in [0.15, 0.2) is 24.3 Å². The minimum Gasteiger partial charge on any atom is -0.458 e. The Hall–Kier alpha value is -1.90. The molecule has 30 heavy (non-hydrogen) atoms. The van der Waals surface area contributed by atoms with E-state index in [0.29, 0.717) is 13.2 Å². The first kappa shape index (κ1) is 26.1. The summed E-state index contributed by atoms with van der Waals surface area (Å²) in [7, 11) is 0. The SMILES string of the molecule is C=C(C)CO[C@H]1[C@H](C)OC(=O)[C@@H](NC(=O)OC(C)(C)C)CCOC[C@@H]1OCC(=C)C. The minimum atomic E-state index is -0.892. The lowest BCUT2D eigenvalue weighted by Gasteiger charge is -2.33. The van der Waals surface area contributed by atoms with Gasteiger partial charge < -0.3 is 29.0 Å². The maximum Gasteiger partial charge on any atom is 0.408 e. The number of carbonyl (C=O) groups excluding carboxylic acids is 2. The van der Waals surface area contributed by atoms with Crippen LogP contribution in [-0.2, 0) is 28.5 Å². The lowest BCUT2D eigenvalue weighted by atomic mass is 10.1. The van der Waals surface area contributed by atoms with Crippen LogP contribution in [0.4, 0.5) is 4.79 Å². The maximum absolute atomic E-state index is 12.7. The standard InChI is InChI=1S/C22H37NO7/c1-14(2)11-27-18-13-26-10-9-17(23-21(25)30-22(6,7)8)20(24)29-16(5)19(18)28-12-15(3)4/h16-19H,1,3,9-13H2,2,4-8H3,(H,23,25)/t16-,17-,18-,19-/m0/s1. The van der Waals surface area contributed by atoms with Crippen LogP contribution in [-0.4, -0.2) is 68.4 Å². The number of hydrogen-bond donors (Lipinski definition) is 1. The Morgan fingerprint density at radius 3 is 2.33 bits per heavy atom. The Kier molecular flexibility index (Phi) is 10.5. The fourth-order valence-electron chi connectivity index (χ4n) is 2.70. The fourth-order valence-corrected chi connectivity index (χ4v) is 2.70. The van der Waals surface area contributed by atoms with Crippen molar-refractivity contribution in [1.82, 2.24) is 5.32 Å². The number of nitrogens with one attached hydrogen (secondary N) is 1. The zero-order valence-corrected chi connectivity index (χ0v) is 19.1. The number of amides is 1. The second-order valence-corrected chi connectivity index (χ2v) is 8.74. The Morgan fingerprint density at radius 1 is 1.17 bits per heavy atom. The minimum absolute atomic E-state index is 0.226. The molecule has 0 radical (unpaired) electrons. The summed E-state index contributed by atoms with van der Waals surface area (Å²) in [6.45, 7) is 19.5. The van der Waals surface area contributed by atoms with E-state index in [-0.39, 0.29) is 19.6 Å². The van der Waals surface area contributed by atoms with Crippen molar-refractivity contribution in [2.75, 3.05) is 26.4 Å². The summed E-state index contributed by atoms with van der Waals surface area (Å²) in [5.74, 6) is -0.582. The van der Waals surface area contributed by atoms with Crippen LogP contribution in [0.5, 0.6) is 0 Å². The molecule has 8 nitrogen and oxygen atoms in total. The molecule has 0 bridgehead atoms. The fraction of sp³-hybridized carbons (Fsp3) is 0.727. The third-order valence-electron chi connectivity index (χ3n) is 4.01. The molecule has 1 amide bonds. The Labute approximate surface area is 179 Å². The molecular weight excluding hydrogens is 390 g/mol. The van der Waals surface area contributed by atoms with E-state index in [0.717, 1.165) is 11.1 Å². The first-order chi connectivity index (χ1) is 13.9. The zero-order chi connectivity index (χ0) is 22.9. The number of hydrogen-bond acceptors (Lipinski definition) is 7. The van der Waals surface area contributed by atoms with Crippen LogP contribution < -0.4 is 5.32 Å². The van der Waals surface area contributed by atoms with Gasteiger partial charge in [0.1, 0.15) is 30.0 Å². The zero-order valence-electron chi connectivity index (χ0n) is 19.1. The average Bonchev–Trinajstić information content (AvgIpc) is 2.58. The van der Waals surface area contributed by atoms with Gasteiger partial charge in [0.25, 0.3) is 0 Å². The van der Waals surface area contributed by atoms with E-state index in [9.17, 15) is 9.59 Å². The first-order valence-electron chi connectivity index (χ1n) is 10.2. The summed E-state index contributed by atoms with van der Waals surface area (Å²) in [4.78, 5) is 24.8. The van der Waals surface area contributed by atoms with Crippen LogP contribution in [0, 0.1) is 0 Å². The Morgan fingerprint density at radius 2 is 1.77 bits per heavy atom. The molecule has 0 unspecified atom stereocenters. The number of esters is 1. The summed E-state index contributed by atoms with van der Waals surface area (Å²) in [5, 5.41) is 2.56. The van der Waals surface area contributed by atoms with Crippen molar-refractivity contribution in [3.63, 3.8) is 0 Å². The second kappa shape index (κ2) is 12.1. The van der Waals surface area contributed by atoms with E-state index >= 15 is 0 Å². The Bertz CT molecular complexity index is 611. The van der Waals surface area contributed by atoms with Gasteiger partial charge >= 0.3 is 12.1 Å². The topological polar surface area (TPSA) is 92.3 Å². The number of carbonyl (C=O) groups is 2. The van der Waals surface area contributed by atoms with Gasteiger partial charge in [0.2, 0.25) is 0 Å². The normalized spacial score (nSPS) is 25.7. The Balaban J connectivity index is 2.92. The van der Waals surface area contributed by atoms with Crippen molar-refractivity contribution in [1.29, 1.82) is 0 Å². The van der Waals surface area contributed by atoms with E-state index in [1.54, 1.807) is 27.7 Å². The lowest BCUT2D eigenvalue weighted by Crippen LogP contribution is -2.50. The van der Waals surface area contributed by atoms with Gasteiger partial charge in [0.15, 0.2) is 0 Å². The third kappa shape index (κ3) is 10.2. The largest absolute Gasteiger partial charge is 0.458 e. The molecule has 0 aromatic carbocycles. The molecule has 8 heteroatoms. The molecule has 1 saturated heterocycles. The molecular formula is C22H37NO7. The van der Waals surface area contributed by atoms with Crippen molar-refractivity contribution in [2.45, 2.75) is 77.9 Å². The summed E-state index contributed by atoms with van der Waals surface area (Å²) < 4.78 is 28.5. The van der Waals surface area contributed by atoms with E-state index in [1.807, 2.05) is 13.8 Å². The van der Waals surface area contributed by atoms with Gasteiger partial charge in [-0.1, -0.05) is 24.3 Å². The third-order valence-corrected chi connectivity index (χ3v) is 4.01. The van der Waals surface area contributed by atoms with Gasteiger partial charge in [0, 0.05) is 13.0 Å². The molecule has 1 rings (SSSR count). The van der Waals surface area contributed by atoms with Gasteiger partial charge in [-0.25, -0.2) is 9.59 Å². The molecule has 0 aromatic heterocycles. The van der Waals surface area contributed by atoms with Crippen molar-refractivity contribution in [3.05, 3.63) is 24.3 Å². The monoisotopic (exact) mass is 427 g/mol. The highest BCUT2D eigenvalue weighted by atomic mass is 16.6. The summed E-state index contributed by atoms with van der Waals surface area (Å²) in [6, 6.07) is -0.892. The van der Waals surface area contributed by atoms with Crippen LogP contribution in [0.2, 0.25) is 0 Å². The molecule has 4 atom stereocenters. The van der Waals surface area contributed by atoms with Crippen molar-refractivity contribution >= 4 is 12.1 Å². The highest BCUT2D eigenvalue weighted by Gasteiger charge is 2.35. The van der Waals surface area contributed by atoms with Gasteiger partial charge in [-0.2, -0.15) is 0 Å². The lowest BCUT2D eigenvalue weighted by molar-refractivity contribution is -0.176. The maximum atomic E-state index is 12.7. The summed E-state index contributed by atoms with van der Waals surface area (Å²) in [5.41, 5.74) is 1.01. The molecule has 0 aromatic rings. The quantitative estimate of drug-likeness (QED) is 0.493. The molecule has 0 saturated carbocycles. The molecule has 1 fully saturated rings. The van der Waals surface area contributed by atoms with E-state index < -0.39 is 42.0 Å². The summed E-state index contributed by atoms with van der Waals surface area (Å²) >= 11 is 0. The predicted octanol–water partition coefficient (Wildman–Crippen LogP) is 3.15. The van der Waals surface area contributed by atoms with Gasteiger partial charge in [-0.15, -0.1) is 0 Å². The highest BCUT2D eigenvalue weighted by Crippen LogP contribution is 2.18. The molecule has 1 N–H and O–H groups in total. The molecule has 0 aliphatic carbocycles. The van der Waals surface area contributed by atoms with Crippen LogP contribution in [0.1, 0.15) is 48.0 Å². The van der Waals surface area contributed by atoms with Crippen LogP contribution >= 0.6 is 0 Å². The number of cyclic esters (lactones) is 1. The second-order valence-electron chi connectivity index (χ2n) is 8.74. The van der Waals surface area contributed by atoms with Crippen molar-refractivity contribution in [2.24, 2.45) is 0 Å². The van der Waals surface area contributed by atoms with Gasteiger partial charge in [0.05, 0.1) is 19.8 Å². The first-order valence-corrected chi connectivity index (χ1v) is 10.2. The van der Waals surface area contributed by atoms with E-state index in [2.05, 4.69) is 18.5 Å².